The van der Waals surface area contributed by atoms with E-state index < -0.39 is 0 Å². The number of nitrogens with one attached hydrogen (secondary N) is 1. The van der Waals surface area contributed by atoms with Crippen LogP contribution in [0.15, 0.2) is 0 Å². The third-order valence-electron chi connectivity index (χ3n) is 3.18. The highest BCUT2D eigenvalue weighted by atomic mass is 16.5. The molecule has 0 aliphatic carbocycles. The van der Waals surface area contributed by atoms with Gasteiger partial charge in [-0.05, 0) is 47.1 Å². The molecule has 0 aromatic heterocycles. The Balaban J connectivity index is 2.07. The number of ether oxygens (including phenoxy) is 1. The summed E-state index contributed by atoms with van der Waals surface area (Å²) in [6.07, 6.45) is 2.81. The molecule has 1 rings (SSSR count). The highest BCUT2D eigenvalue weighted by molar-refractivity contribution is 4.80. The largest absolute Gasteiger partial charge is 0.379 e. The van der Waals surface area contributed by atoms with Crippen LogP contribution in [0.3, 0.4) is 0 Å². The van der Waals surface area contributed by atoms with E-state index in [1.54, 1.807) is 0 Å². The van der Waals surface area contributed by atoms with Gasteiger partial charge in [-0.3, -0.25) is 4.90 Å². The number of nitrogens with zero attached hydrogens (tertiary/aromatic N) is 1. The van der Waals surface area contributed by atoms with Gasteiger partial charge in [-0.2, -0.15) is 0 Å². The summed E-state index contributed by atoms with van der Waals surface area (Å²) in [5.74, 6) is 0. The summed E-state index contributed by atoms with van der Waals surface area (Å²) >= 11 is 0. The van der Waals surface area contributed by atoms with Gasteiger partial charge >= 0.3 is 0 Å². The topological polar surface area (TPSA) is 24.5 Å². The summed E-state index contributed by atoms with van der Waals surface area (Å²) in [5, 5.41) is 3.51. The van der Waals surface area contributed by atoms with Gasteiger partial charge in [-0.25, -0.2) is 0 Å². The summed E-state index contributed by atoms with van der Waals surface area (Å²) in [4.78, 5) is 2.59. The van der Waals surface area contributed by atoms with Gasteiger partial charge in [0.25, 0.3) is 0 Å². The Morgan fingerprint density at radius 3 is 2.75 bits per heavy atom. The molecule has 1 aliphatic rings. The molecule has 2 unspecified atom stereocenters. The van der Waals surface area contributed by atoms with Crippen LogP contribution in [0.1, 0.15) is 40.5 Å². The Bertz CT molecular complexity index is 185. The second-order valence-corrected chi connectivity index (χ2v) is 5.28. The lowest BCUT2D eigenvalue weighted by Gasteiger charge is -2.37. The zero-order valence-electron chi connectivity index (χ0n) is 11.3. The van der Waals surface area contributed by atoms with Crippen LogP contribution in [-0.2, 0) is 4.74 Å². The van der Waals surface area contributed by atoms with Gasteiger partial charge in [0.1, 0.15) is 0 Å². The maximum absolute atomic E-state index is 5.55. The maximum Gasteiger partial charge on any atom is 0.0518 e. The van der Waals surface area contributed by atoms with Crippen molar-refractivity contribution in [3.63, 3.8) is 0 Å². The first-order valence-corrected chi connectivity index (χ1v) is 6.68. The fourth-order valence-corrected chi connectivity index (χ4v) is 2.14. The van der Waals surface area contributed by atoms with E-state index in [1.165, 1.54) is 25.9 Å². The van der Waals surface area contributed by atoms with Crippen LogP contribution in [0, 0.1) is 0 Å². The number of rotatable bonds is 6. The Labute approximate surface area is 101 Å². The van der Waals surface area contributed by atoms with E-state index in [0.717, 1.165) is 13.2 Å². The molecule has 0 amide bonds. The van der Waals surface area contributed by atoms with E-state index in [1.807, 2.05) is 0 Å². The fourth-order valence-electron chi connectivity index (χ4n) is 2.14. The molecule has 0 saturated carbocycles. The molecule has 0 aromatic carbocycles. The van der Waals surface area contributed by atoms with Crippen LogP contribution < -0.4 is 5.32 Å². The minimum atomic E-state index is 0.373. The molecule has 1 saturated heterocycles. The lowest BCUT2D eigenvalue weighted by atomic mass is 10.1. The van der Waals surface area contributed by atoms with Gasteiger partial charge in [-0.15, -0.1) is 0 Å². The van der Waals surface area contributed by atoms with Gasteiger partial charge in [-0.1, -0.05) is 0 Å². The molecule has 0 radical (unpaired) electrons. The quantitative estimate of drug-likeness (QED) is 0.703. The molecule has 0 aromatic rings. The van der Waals surface area contributed by atoms with E-state index >= 15 is 0 Å². The van der Waals surface area contributed by atoms with Crippen LogP contribution in [-0.4, -0.2) is 49.3 Å². The summed E-state index contributed by atoms with van der Waals surface area (Å²) in [5.41, 5.74) is 0. The zero-order chi connectivity index (χ0) is 12.0. The highest BCUT2D eigenvalue weighted by Crippen LogP contribution is 2.08. The van der Waals surface area contributed by atoms with Crippen LogP contribution in [0.25, 0.3) is 0 Å². The zero-order valence-corrected chi connectivity index (χ0v) is 11.3. The lowest BCUT2D eigenvalue weighted by Crippen LogP contribution is -2.54. The van der Waals surface area contributed by atoms with Crippen LogP contribution >= 0.6 is 0 Å². The minimum absolute atomic E-state index is 0.373. The summed E-state index contributed by atoms with van der Waals surface area (Å²) in [6.45, 7) is 13.2. The molecule has 16 heavy (non-hydrogen) atoms. The van der Waals surface area contributed by atoms with Gasteiger partial charge in [0.15, 0.2) is 0 Å². The first-order valence-electron chi connectivity index (χ1n) is 6.68. The van der Waals surface area contributed by atoms with Crippen LogP contribution in [0.4, 0.5) is 0 Å². The van der Waals surface area contributed by atoms with E-state index in [2.05, 4.69) is 37.9 Å². The smallest absolute Gasteiger partial charge is 0.0518 e. The molecule has 0 bridgehead atoms. The van der Waals surface area contributed by atoms with Gasteiger partial charge in [0, 0.05) is 31.8 Å². The number of unbranched alkanes of at least 4 members (excludes halogenated alkanes) is 1. The number of hydrogen-bond donors (Lipinski definition) is 1. The molecule has 1 heterocycles. The van der Waals surface area contributed by atoms with Crippen molar-refractivity contribution in [3.05, 3.63) is 0 Å². The van der Waals surface area contributed by atoms with Gasteiger partial charge in [0.2, 0.25) is 0 Å². The van der Waals surface area contributed by atoms with E-state index in [4.69, 9.17) is 4.74 Å². The molecule has 0 spiro atoms. The molecule has 1 N–H and O–H groups in total. The monoisotopic (exact) mass is 228 g/mol. The van der Waals surface area contributed by atoms with Crippen LogP contribution in [0.5, 0.6) is 0 Å². The standard InChI is InChI=1S/C13H28N2O/c1-11(2)16-8-6-5-7-15-10-12(3)14-9-13(15)4/h11-14H,5-10H2,1-4H3. The lowest BCUT2D eigenvalue weighted by molar-refractivity contribution is 0.0712. The van der Waals surface area contributed by atoms with Gasteiger partial charge < -0.3 is 10.1 Å². The molecular formula is C13H28N2O. The maximum atomic E-state index is 5.55. The second kappa shape index (κ2) is 7.25. The van der Waals surface area contributed by atoms with E-state index in [9.17, 15) is 0 Å². The first-order chi connectivity index (χ1) is 7.59. The fraction of sp³-hybridized carbons (Fsp3) is 1.00. The summed E-state index contributed by atoms with van der Waals surface area (Å²) in [6, 6.07) is 1.32. The Morgan fingerprint density at radius 1 is 1.31 bits per heavy atom. The van der Waals surface area contributed by atoms with Crippen molar-refractivity contribution in [2.45, 2.75) is 58.7 Å². The third-order valence-corrected chi connectivity index (χ3v) is 3.18. The molecule has 1 fully saturated rings. The minimum Gasteiger partial charge on any atom is -0.379 e. The average molecular weight is 228 g/mol. The molecule has 3 nitrogen and oxygen atoms in total. The second-order valence-electron chi connectivity index (χ2n) is 5.28. The van der Waals surface area contributed by atoms with Crippen molar-refractivity contribution >= 4 is 0 Å². The first kappa shape index (κ1) is 13.9. The summed E-state index contributed by atoms with van der Waals surface area (Å²) < 4.78 is 5.55. The molecular weight excluding hydrogens is 200 g/mol. The number of piperazine rings is 1. The van der Waals surface area contributed by atoms with Crippen LogP contribution in [0.2, 0.25) is 0 Å². The van der Waals surface area contributed by atoms with Crippen molar-refractivity contribution < 1.29 is 4.74 Å². The third kappa shape index (κ3) is 5.28. The predicted molar refractivity (Wildman–Crippen MR) is 68.8 cm³/mol. The molecule has 96 valence electrons. The number of hydrogen-bond acceptors (Lipinski definition) is 3. The molecule has 2 atom stereocenters. The molecule has 3 heteroatoms. The van der Waals surface area contributed by atoms with Crippen molar-refractivity contribution in [2.75, 3.05) is 26.2 Å². The highest BCUT2D eigenvalue weighted by Gasteiger charge is 2.21. The van der Waals surface area contributed by atoms with E-state index in [-0.39, 0.29) is 0 Å². The SMILES string of the molecule is CC1CN(CCCCOC(C)C)C(C)CN1. The Morgan fingerprint density at radius 2 is 2.06 bits per heavy atom. The average Bonchev–Trinajstić information content (AvgIpc) is 2.22. The molecule has 1 aliphatic heterocycles. The van der Waals surface area contributed by atoms with Crippen molar-refractivity contribution in [1.82, 2.24) is 10.2 Å². The van der Waals surface area contributed by atoms with Crippen molar-refractivity contribution in [3.8, 4) is 0 Å². The van der Waals surface area contributed by atoms with E-state index in [0.29, 0.717) is 18.2 Å². The normalized spacial score (nSPS) is 27.6. The predicted octanol–water partition coefficient (Wildman–Crippen LogP) is 1.87. The van der Waals surface area contributed by atoms with Crippen molar-refractivity contribution in [2.24, 2.45) is 0 Å². The Hall–Kier alpha value is -0.120. The summed E-state index contributed by atoms with van der Waals surface area (Å²) in [7, 11) is 0. The Kier molecular flexibility index (Phi) is 6.32. The van der Waals surface area contributed by atoms with Gasteiger partial charge in [0.05, 0.1) is 6.10 Å². The van der Waals surface area contributed by atoms with Crippen molar-refractivity contribution in [1.29, 1.82) is 0 Å².